The van der Waals surface area contributed by atoms with E-state index >= 15 is 0 Å². The summed E-state index contributed by atoms with van der Waals surface area (Å²) in [6.45, 7) is 2.78. The van der Waals surface area contributed by atoms with Crippen LogP contribution in [0, 0.1) is 5.92 Å². The number of carbonyl (C=O) groups is 1. The van der Waals surface area contributed by atoms with Crippen molar-refractivity contribution in [3.8, 4) is 0 Å². The fourth-order valence-corrected chi connectivity index (χ4v) is 1.96. The summed E-state index contributed by atoms with van der Waals surface area (Å²) in [6.07, 6.45) is 3.69. The quantitative estimate of drug-likeness (QED) is 0.694. The summed E-state index contributed by atoms with van der Waals surface area (Å²) in [5.74, 6) is 0.716. The number of carbonyl (C=O) groups excluding carboxylic acids is 1. The van der Waals surface area contributed by atoms with E-state index in [1.54, 1.807) is 23.7 Å². The Bertz CT molecular complexity index is 221. The molecule has 0 fully saturated rings. The van der Waals surface area contributed by atoms with E-state index in [2.05, 4.69) is 0 Å². The van der Waals surface area contributed by atoms with Crippen LogP contribution < -0.4 is 5.73 Å². The molecular formula is C10H20N2OS2. The molecule has 0 aliphatic carbocycles. The Balaban J connectivity index is 4.28. The van der Waals surface area contributed by atoms with Gasteiger partial charge in [0, 0.05) is 19.3 Å². The Morgan fingerprint density at radius 3 is 2.60 bits per heavy atom. The van der Waals surface area contributed by atoms with Crippen LogP contribution in [0.15, 0.2) is 0 Å². The van der Waals surface area contributed by atoms with Gasteiger partial charge in [0.25, 0.3) is 0 Å². The predicted octanol–water partition coefficient (Wildman–Crippen LogP) is 1.51. The minimum atomic E-state index is -0.281. The van der Waals surface area contributed by atoms with Crippen LogP contribution in [0.5, 0.6) is 0 Å². The Kier molecular flexibility index (Phi) is 7.78. The highest BCUT2D eigenvalue weighted by Crippen LogP contribution is 2.10. The zero-order chi connectivity index (χ0) is 11.8. The second-order valence-electron chi connectivity index (χ2n) is 3.50. The first kappa shape index (κ1) is 14.7. The van der Waals surface area contributed by atoms with E-state index in [0.29, 0.717) is 4.99 Å². The van der Waals surface area contributed by atoms with E-state index in [-0.39, 0.29) is 11.8 Å². The highest BCUT2D eigenvalue weighted by Gasteiger charge is 2.23. The summed E-state index contributed by atoms with van der Waals surface area (Å²) in [4.78, 5) is 14.0. The molecule has 5 heteroatoms. The molecule has 3 nitrogen and oxygen atoms in total. The molecule has 0 saturated heterocycles. The third-order valence-electron chi connectivity index (χ3n) is 2.23. The van der Waals surface area contributed by atoms with Gasteiger partial charge in [0.1, 0.15) is 0 Å². The van der Waals surface area contributed by atoms with E-state index in [1.807, 2.05) is 13.2 Å². The maximum atomic E-state index is 11.9. The number of hydrogen-bond donors (Lipinski definition) is 1. The van der Waals surface area contributed by atoms with E-state index in [4.69, 9.17) is 18.0 Å². The fraction of sp³-hybridized carbons (Fsp3) is 0.800. The highest BCUT2D eigenvalue weighted by atomic mass is 32.2. The van der Waals surface area contributed by atoms with Crippen LogP contribution >= 0.6 is 24.0 Å². The summed E-state index contributed by atoms with van der Waals surface area (Å²) in [7, 11) is 1.81. The lowest BCUT2D eigenvalue weighted by Gasteiger charge is -2.22. The zero-order valence-electron chi connectivity index (χ0n) is 9.66. The van der Waals surface area contributed by atoms with Gasteiger partial charge in [0.05, 0.1) is 10.9 Å². The van der Waals surface area contributed by atoms with Gasteiger partial charge >= 0.3 is 0 Å². The second-order valence-corrected chi connectivity index (χ2v) is 4.95. The lowest BCUT2D eigenvalue weighted by atomic mass is 10.0. The van der Waals surface area contributed by atoms with Gasteiger partial charge in [-0.1, -0.05) is 25.6 Å². The van der Waals surface area contributed by atoms with Crippen molar-refractivity contribution in [3.05, 3.63) is 0 Å². The number of thiocarbonyl (C=S) groups is 1. The highest BCUT2D eigenvalue weighted by molar-refractivity contribution is 7.98. The molecule has 88 valence electrons. The number of hydrogen-bond acceptors (Lipinski definition) is 3. The van der Waals surface area contributed by atoms with E-state index in [0.717, 1.165) is 25.1 Å². The molecule has 0 aromatic heterocycles. The van der Waals surface area contributed by atoms with Crippen molar-refractivity contribution in [1.82, 2.24) is 4.90 Å². The van der Waals surface area contributed by atoms with Gasteiger partial charge in [-0.3, -0.25) is 4.79 Å². The van der Waals surface area contributed by atoms with Crippen molar-refractivity contribution in [2.24, 2.45) is 11.7 Å². The van der Waals surface area contributed by atoms with E-state index < -0.39 is 0 Å². The molecule has 0 aromatic rings. The number of thioether (sulfide) groups is 1. The van der Waals surface area contributed by atoms with Crippen molar-refractivity contribution in [3.63, 3.8) is 0 Å². The molecule has 0 heterocycles. The molecule has 0 bridgehead atoms. The molecule has 0 saturated carbocycles. The third kappa shape index (κ3) is 5.37. The van der Waals surface area contributed by atoms with Gasteiger partial charge in [-0.05, 0) is 12.7 Å². The molecular weight excluding hydrogens is 228 g/mol. The summed E-state index contributed by atoms with van der Waals surface area (Å²) < 4.78 is 0. The standard InChI is InChI=1S/C10H20N2OS2/c1-4-5-8(9(11)14)10(13)12(2)6-7-15-3/h8H,4-7H2,1-3H3,(H2,11,14). The van der Waals surface area contributed by atoms with Gasteiger partial charge in [0.2, 0.25) is 5.91 Å². The average molecular weight is 248 g/mol. The van der Waals surface area contributed by atoms with Crippen LogP contribution in [0.3, 0.4) is 0 Å². The van der Waals surface area contributed by atoms with Gasteiger partial charge in [-0.2, -0.15) is 11.8 Å². The van der Waals surface area contributed by atoms with Crippen molar-refractivity contribution in [1.29, 1.82) is 0 Å². The summed E-state index contributed by atoms with van der Waals surface area (Å²) in [5, 5.41) is 0. The SMILES string of the molecule is CCCC(C(=O)N(C)CCSC)C(N)=S. The van der Waals surface area contributed by atoms with Crippen LogP contribution in [0.1, 0.15) is 19.8 Å². The summed E-state index contributed by atoms with van der Waals surface area (Å²) >= 11 is 6.64. The molecule has 1 unspecified atom stereocenters. The first-order chi connectivity index (χ1) is 7.04. The molecule has 1 atom stereocenters. The van der Waals surface area contributed by atoms with Crippen molar-refractivity contribution in [2.45, 2.75) is 19.8 Å². The molecule has 0 aliphatic heterocycles. The number of amides is 1. The first-order valence-electron chi connectivity index (χ1n) is 5.07. The average Bonchev–Trinajstić information content (AvgIpc) is 2.21. The molecule has 2 N–H and O–H groups in total. The van der Waals surface area contributed by atoms with E-state index in [9.17, 15) is 4.79 Å². The number of rotatable bonds is 7. The lowest BCUT2D eigenvalue weighted by molar-refractivity contribution is -0.131. The summed E-state index contributed by atoms with van der Waals surface area (Å²) in [6, 6.07) is 0. The number of nitrogens with two attached hydrogens (primary N) is 1. The Labute approximate surface area is 102 Å². The van der Waals surface area contributed by atoms with Crippen LogP contribution in [0.2, 0.25) is 0 Å². The van der Waals surface area contributed by atoms with Crippen LogP contribution in [-0.2, 0) is 4.79 Å². The lowest BCUT2D eigenvalue weighted by Crippen LogP contribution is -2.40. The molecule has 1 amide bonds. The molecule has 0 aliphatic rings. The van der Waals surface area contributed by atoms with Crippen LogP contribution in [0.25, 0.3) is 0 Å². The minimum absolute atomic E-state index is 0.0541. The van der Waals surface area contributed by atoms with Crippen LogP contribution in [0.4, 0.5) is 0 Å². The Morgan fingerprint density at radius 2 is 2.20 bits per heavy atom. The normalized spacial score (nSPS) is 12.2. The topological polar surface area (TPSA) is 46.3 Å². The Morgan fingerprint density at radius 1 is 1.60 bits per heavy atom. The number of nitrogens with zero attached hydrogens (tertiary/aromatic N) is 1. The molecule has 15 heavy (non-hydrogen) atoms. The monoisotopic (exact) mass is 248 g/mol. The Hall–Kier alpha value is -0.290. The van der Waals surface area contributed by atoms with E-state index in [1.165, 1.54) is 0 Å². The molecule has 0 radical (unpaired) electrons. The summed E-state index contributed by atoms with van der Waals surface area (Å²) in [5.41, 5.74) is 5.57. The maximum absolute atomic E-state index is 11.9. The third-order valence-corrected chi connectivity index (χ3v) is 3.10. The van der Waals surface area contributed by atoms with Crippen molar-refractivity contribution >= 4 is 34.9 Å². The largest absolute Gasteiger partial charge is 0.393 e. The minimum Gasteiger partial charge on any atom is -0.393 e. The maximum Gasteiger partial charge on any atom is 0.232 e. The van der Waals surface area contributed by atoms with Crippen LogP contribution in [-0.4, -0.2) is 41.4 Å². The zero-order valence-corrected chi connectivity index (χ0v) is 11.3. The second kappa shape index (κ2) is 7.93. The molecule has 0 spiro atoms. The molecule has 0 aromatic carbocycles. The first-order valence-corrected chi connectivity index (χ1v) is 6.88. The van der Waals surface area contributed by atoms with Gasteiger partial charge < -0.3 is 10.6 Å². The van der Waals surface area contributed by atoms with Gasteiger partial charge in [-0.15, -0.1) is 0 Å². The predicted molar refractivity (Wildman–Crippen MR) is 71.2 cm³/mol. The van der Waals surface area contributed by atoms with Crippen molar-refractivity contribution in [2.75, 3.05) is 25.6 Å². The van der Waals surface area contributed by atoms with Gasteiger partial charge in [0.15, 0.2) is 0 Å². The van der Waals surface area contributed by atoms with Gasteiger partial charge in [-0.25, -0.2) is 0 Å². The molecule has 0 rings (SSSR count). The smallest absolute Gasteiger partial charge is 0.232 e. The van der Waals surface area contributed by atoms with Crippen molar-refractivity contribution < 1.29 is 4.79 Å². The fourth-order valence-electron chi connectivity index (χ4n) is 1.28.